The van der Waals surface area contributed by atoms with Gasteiger partial charge in [0.25, 0.3) is 0 Å². The molecule has 7 heavy (non-hydrogen) atoms. The quantitative estimate of drug-likeness (QED) is 0.412. The Balaban J connectivity index is 3.36. The van der Waals surface area contributed by atoms with Crippen LogP contribution in [0.3, 0.4) is 0 Å². The standard InChI is InChI=1S/C5H14NS/c1-4-6(3,7)5-2/h7H,4-5H2,1-3H3/q+1. The third kappa shape index (κ3) is 2.94. The Morgan fingerprint density at radius 3 is 1.57 bits per heavy atom. The number of hydrogen-bond acceptors (Lipinski definition) is 1. The summed E-state index contributed by atoms with van der Waals surface area (Å²) in [5.74, 6) is 0. The van der Waals surface area contributed by atoms with Gasteiger partial charge in [0.1, 0.15) is 0 Å². The highest BCUT2D eigenvalue weighted by Crippen LogP contribution is 2.02. The molecule has 0 radical (unpaired) electrons. The molecule has 44 valence electrons. The maximum absolute atomic E-state index is 4.32. The van der Waals surface area contributed by atoms with E-state index in [1.807, 2.05) is 0 Å². The van der Waals surface area contributed by atoms with Crippen molar-refractivity contribution in [2.45, 2.75) is 13.8 Å². The third-order valence-corrected chi connectivity index (χ3v) is 1.93. The fourth-order valence-corrected chi connectivity index (χ4v) is 0.224. The minimum Gasteiger partial charge on any atom is -0.267 e. The van der Waals surface area contributed by atoms with Crippen LogP contribution in [-0.2, 0) is 0 Å². The number of rotatable bonds is 2. The molecular formula is C5H14NS+. The smallest absolute Gasteiger partial charge is 0.0859 e. The predicted molar refractivity (Wildman–Crippen MR) is 36.3 cm³/mol. The van der Waals surface area contributed by atoms with Crippen molar-refractivity contribution in [1.82, 2.24) is 0 Å². The number of thiol groups is 1. The molecule has 0 saturated heterocycles. The Bertz CT molecular complexity index is 46.0. The van der Waals surface area contributed by atoms with Gasteiger partial charge in [-0.2, -0.15) is 0 Å². The molecule has 0 fully saturated rings. The number of quaternary nitrogens is 1. The van der Waals surface area contributed by atoms with Crippen molar-refractivity contribution >= 4 is 12.8 Å². The zero-order valence-electron chi connectivity index (χ0n) is 5.31. The molecule has 0 saturated carbocycles. The number of nitrogens with zero attached hydrogens (tertiary/aromatic N) is 1. The van der Waals surface area contributed by atoms with Crippen molar-refractivity contribution in [1.29, 1.82) is 0 Å². The van der Waals surface area contributed by atoms with E-state index in [4.69, 9.17) is 0 Å². The van der Waals surface area contributed by atoms with Crippen LogP contribution in [-0.4, -0.2) is 24.0 Å². The van der Waals surface area contributed by atoms with Crippen LogP contribution in [0.25, 0.3) is 0 Å². The van der Waals surface area contributed by atoms with Crippen molar-refractivity contribution < 1.29 is 3.89 Å². The van der Waals surface area contributed by atoms with Crippen LogP contribution < -0.4 is 0 Å². The summed E-state index contributed by atoms with van der Waals surface area (Å²) < 4.78 is 0.833. The van der Waals surface area contributed by atoms with E-state index in [1.165, 1.54) is 0 Å². The second kappa shape index (κ2) is 2.58. The van der Waals surface area contributed by atoms with Gasteiger partial charge in [-0.1, -0.05) is 0 Å². The lowest BCUT2D eigenvalue weighted by molar-refractivity contribution is -0.765. The van der Waals surface area contributed by atoms with Gasteiger partial charge >= 0.3 is 0 Å². The Morgan fingerprint density at radius 1 is 1.29 bits per heavy atom. The lowest BCUT2D eigenvalue weighted by Gasteiger charge is -2.22. The van der Waals surface area contributed by atoms with Crippen molar-refractivity contribution in [3.63, 3.8) is 0 Å². The van der Waals surface area contributed by atoms with Crippen LogP contribution in [0, 0.1) is 0 Å². The molecule has 0 spiro atoms. The van der Waals surface area contributed by atoms with Crippen LogP contribution >= 0.6 is 12.8 Å². The Hall–Kier alpha value is 0.310. The van der Waals surface area contributed by atoms with Gasteiger partial charge in [0.2, 0.25) is 0 Å². The van der Waals surface area contributed by atoms with E-state index in [0.717, 1.165) is 17.0 Å². The van der Waals surface area contributed by atoms with E-state index in [0.29, 0.717) is 0 Å². The lowest BCUT2D eigenvalue weighted by atomic mass is 10.6. The summed E-state index contributed by atoms with van der Waals surface area (Å²) in [4.78, 5) is 0. The van der Waals surface area contributed by atoms with Crippen LogP contribution in [0.2, 0.25) is 0 Å². The van der Waals surface area contributed by atoms with Gasteiger partial charge in [-0.25, -0.2) is 0 Å². The average molecular weight is 120 g/mol. The van der Waals surface area contributed by atoms with E-state index in [1.54, 1.807) is 0 Å². The fraction of sp³-hybridized carbons (Fsp3) is 1.00. The van der Waals surface area contributed by atoms with Crippen molar-refractivity contribution in [3.05, 3.63) is 0 Å². The van der Waals surface area contributed by atoms with Crippen LogP contribution in [0.5, 0.6) is 0 Å². The molecule has 0 aliphatic heterocycles. The second-order valence-corrected chi connectivity index (χ2v) is 2.94. The predicted octanol–water partition coefficient (Wildman–Crippen LogP) is 1.32. The SMILES string of the molecule is CC[N+](C)(S)CC. The van der Waals surface area contributed by atoms with Crippen LogP contribution in [0.1, 0.15) is 13.8 Å². The molecule has 0 bridgehead atoms. The molecule has 0 aromatic rings. The molecule has 0 heterocycles. The molecule has 0 aliphatic rings. The van der Waals surface area contributed by atoms with Crippen LogP contribution in [0.4, 0.5) is 0 Å². The molecule has 0 N–H and O–H groups in total. The first kappa shape index (κ1) is 7.31. The molecule has 0 rings (SSSR count). The van der Waals surface area contributed by atoms with Gasteiger partial charge in [-0.05, 0) is 13.8 Å². The summed E-state index contributed by atoms with van der Waals surface area (Å²) in [5, 5.41) is 0. The summed E-state index contributed by atoms with van der Waals surface area (Å²) in [6.45, 7) is 6.46. The van der Waals surface area contributed by atoms with Gasteiger partial charge in [0, 0.05) is 0 Å². The maximum Gasteiger partial charge on any atom is 0.0859 e. The Morgan fingerprint density at radius 2 is 1.57 bits per heavy atom. The number of hydrogen-bond donors (Lipinski definition) is 1. The van der Waals surface area contributed by atoms with Gasteiger partial charge < -0.3 is 0 Å². The minimum absolute atomic E-state index is 0.833. The summed E-state index contributed by atoms with van der Waals surface area (Å²) >= 11 is 4.32. The van der Waals surface area contributed by atoms with E-state index in [9.17, 15) is 0 Å². The maximum atomic E-state index is 4.32. The molecule has 1 nitrogen and oxygen atoms in total. The largest absolute Gasteiger partial charge is 0.267 e. The van der Waals surface area contributed by atoms with E-state index in [-0.39, 0.29) is 0 Å². The third-order valence-electron chi connectivity index (χ3n) is 1.36. The molecule has 0 aromatic carbocycles. The van der Waals surface area contributed by atoms with E-state index >= 15 is 0 Å². The monoisotopic (exact) mass is 120 g/mol. The zero-order chi connectivity index (χ0) is 5.91. The molecule has 0 atom stereocenters. The lowest BCUT2D eigenvalue weighted by Crippen LogP contribution is -2.32. The van der Waals surface area contributed by atoms with Gasteiger partial charge in [-0.15, -0.1) is 0 Å². The van der Waals surface area contributed by atoms with Gasteiger partial charge in [0.15, 0.2) is 0 Å². The van der Waals surface area contributed by atoms with Crippen molar-refractivity contribution in [2.24, 2.45) is 0 Å². The molecule has 0 aromatic heterocycles. The second-order valence-electron chi connectivity index (χ2n) is 1.97. The van der Waals surface area contributed by atoms with Crippen molar-refractivity contribution in [3.8, 4) is 0 Å². The Kier molecular flexibility index (Phi) is 2.69. The summed E-state index contributed by atoms with van der Waals surface area (Å²) in [6, 6.07) is 0. The molecule has 2 heteroatoms. The molecular weight excluding hydrogens is 106 g/mol. The topological polar surface area (TPSA) is 0 Å². The minimum atomic E-state index is 0.833. The van der Waals surface area contributed by atoms with Gasteiger partial charge in [-0.3, -0.25) is 3.89 Å². The first-order valence-electron chi connectivity index (χ1n) is 2.69. The normalized spacial score (nSPS) is 12.0. The van der Waals surface area contributed by atoms with Gasteiger partial charge in [0.05, 0.1) is 33.0 Å². The van der Waals surface area contributed by atoms with E-state index in [2.05, 4.69) is 33.7 Å². The van der Waals surface area contributed by atoms with Crippen LogP contribution in [0.15, 0.2) is 0 Å². The fourth-order valence-electron chi connectivity index (χ4n) is 0.224. The average Bonchev–Trinajstić information content (AvgIpc) is 1.68. The summed E-state index contributed by atoms with van der Waals surface area (Å²) in [6.07, 6.45) is 0. The Labute approximate surface area is 51.5 Å². The zero-order valence-corrected chi connectivity index (χ0v) is 6.20. The first-order valence-corrected chi connectivity index (χ1v) is 3.09. The molecule has 0 aliphatic carbocycles. The highest BCUT2D eigenvalue weighted by Gasteiger charge is 2.07. The van der Waals surface area contributed by atoms with Crippen molar-refractivity contribution in [2.75, 3.05) is 20.1 Å². The highest BCUT2D eigenvalue weighted by atomic mass is 32.1. The summed E-state index contributed by atoms with van der Waals surface area (Å²) in [7, 11) is 2.10. The molecule has 0 amide bonds. The highest BCUT2D eigenvalue weighted by molar-refractivity contribution is 7.74. The molecule has 0 unspecified atom stereocenters. The first-order chi connectivity index (χ1) is 3.12. The van der Waals surface area contributed by atoms with E-state index < -0.39 is 0 Å². The summed E-state index contributed by atoms with van der Waals surface area (Å²) in [5.41, 5.74) is 0.